The number of likely N-dealkylation sites (tertiary alicyclic amines) is 1. The Bertz CT molecular complexity index is 782. The van der Waals surface area contributed by atoms with Gasteiger partial charge in [-0.15, -0.1) is 0 Å². The highest BCUT2D eigenvalue weighted by atomic mass is 16.5. The van der Waals surface area contributed by atoms with Crippen molar-refractivity contribution in [2.24, 2.45) is 5.92 Å². The number of hydrogen-bond acceptors (Lipinski definition) is 4. The van der Waals surface area contributed by atoms with Crippen LogP contribution in [0.5, 0.6) is 5.75 Å². The van der Waals surface area contributed by atoms with E-state index in [0.29, 0.717) is 18.4 Å². The molecule has 0 N–H and O–H groups in total. The van der Waals surface area contributed by atoms with Gasteiger partial charge in [-0.25, -0.2) is 4.98 Å². The minimum atomic E-state index is 0.551. The van der Waals surface area contributed by atoms with E-state index in [0.717, 1.165) is 51.4 Å². The van der Waals surface area contributed by atoms with Crippen molar-refractivity contribution < 1.29 is 9.47 Å². The van der Waals surface area contributed by atoms with Gasteiger partial charge in [-0.1, -0.05) is 18.2 Å². The van der Waals surface area contributed by atoms with Gasteiger partial charge in [-0.3, -0.25) is 4.90 Å². The van der Waals surface area contributed by atoms with Crippen LogP contribution in [-0.2, 0) is 17.8 Å². The number of aryl methyl sites for hydroxylation is 1. The smallest absolute Gasteiger partial charge is 0.123 e. The second-order valence-electron chi connectivity index (χ2n) is 8.54. The number of rotatable bonds is 7. The molecule has 1 atom stereocenters. The summed E-state index contributed by atoms with van der Waals surface area (Å²) in [5.41, 5.74) is 2.60. The van der Waals surface area contributed by atoms with Crippen molar-refractivity contribution in [3.63, 3.8) is 0 Å². The van der Waals surface area contributed by atoms with Crippen molar-refractivity contribution >= 4 is 0 Å². The summed E-state index contributed by atoms with van der Waals surface area (Å²) in [6, 6.07) is 8.48. The molecule has 1 unspecified atom stereocenters. The molecule has 5 nitrogen and oxygen atoms in total. The number of nitrogens with zero attached hydrogens (tertiary/aromatic N) is 3. The largest absolute Gasteiger partial charge is 0.494 e. The van der Waals surface area contributed by atoms with Gasteiger partial charge in [0.05, 0.1) is 6.61 Å². The van der Waals surface area contributed by atoms with Crippen LogP contribution in [0.1, 0.15) is 55.6 Å². The Morgan fingerprint density at radius 2 is 2.00 bits per heavy atom. The van der Waals surface area contributed by atoms with Crippen molar-refractivity contribution in [3.05, 3.63) is 47.5 Å². The van der Waals surface area contributed by atoms with Crippen LogP contribution in [0.15, 0.2) is 30.5 Å². The zero-order chi connectivity index (χ0) is 20.1. The normalized spacial score (nSPS) is 21.4. The Labute approximate surface area is 175 Å². The average Bonchev–Trinajstić information content (AvgIpc) is 3.11. The van der Waals surface area contributed by atoms with Crippen LogP contribution in [-0.4, -0.2) is 47.4 Å². The topological polar surface area (TPSA) is 39.5 Å². The van der Waals surface area contributed by atoms with Crippen molar-refractivity contribution in [3.8, 4) is 5.75 Å². The first-order valence-corrected chi connectivity index (χ1v) is 11.3. The van der Waals surface area contributed by atoms with Crippen molar-refractivity contribution in [2.75, 3.05) is 32.9 Å². The molecule has 0 amide bonds. The summed E-state index contributed by atoms with van der Waals surface area (Å²) < 4.78 is 13.9. The van der Waals surface area contributed by atoms with E-state index >= 15 is 0 Å². The molecule has 29 heavy (non-hydrogen) atoms. The van der Waals surface area contributed by atoms with E-state index in [1.54, 1.807) is 0 Å². The van der Waals surface area contributed by atoms with Gasteiger partial charge in [0.25, 0.3) is 0 Å². The lowest BCUT2D eigenvalue weighted by molar-refractivity contribution is 0.0821. The minimum Gasteiger partial charge on any atom is -0.494 e. The first-order valence-electron chi connectivity index (χ1n) is 11.3. The maximum atomic E-state index is 5.84. The molecule has 0 spiro atoms. The number of benzene rings is 1. The van der Waals surface area contributed by atoms with Crippen LogP contribution < -0.4 is 4.74 Å². The van der Waals surface area contributed by atoms with E-state index in [9.17, 15) is 0 Å². The SMILES string of the molecule is CCOc1ccccc1CN1CCCC(Cn2c(C)cnc2C2CCOCC2)C1. The molecule has 2 aliphatic rings. The molecule has 1 aromatic carbocycles. The second kappa shape index (κ2) is 9.77. The summed E-state index contributed by atoms with van der Waals surface area (Å²) >= 11 is 0. The number of aromatic nitrogens is 2. The zero-order valence-electron chi connectivity index (χ0n) is 18.0. The van der Waals surface area contributed by atoms with Gasteiger partial charge >= 0.3 is 0 Å². The summed E-state index contributed by atoms with van der Waals surface area (Å²) in [4.78, 5) is 7.40. The standard InChI is InChI=1S/C24H35N3O2/c1-3-29-23-9-5-4-8-22(23)18-26-12-6-7-20(16-26)17-27-19(2)15-25-24(27)21-10-13-28-14-11-21/h4-5,8-9,15,20-21H,3,6-7,10-14,16-18H2,1-2H3. The van der Waals surface area contributed by atoms with Crippen LogP contribution in [0.3, 0.4) is 0 Å². The van der Waals surface area contributed by atoms with Gasteiger partial charge in [0.2, 0.25) is 0 Å². The first kappa shape index (κ1) is 20.4. The van der Waals surface area contributed by atoms with Crippen LogP contribution in [0.25, 0.3) is 0 Å². The second-order valence-corrected chi connectivity index (χ2v) is 8.54. The molecular formula is C24H35N3O2. The lowest BCUT2D eigenvalue weighted by Crippen LogP contribution is -2.37. The van der Waals surface area contributed by atoms with Crippen LogP contribution in [0, 0.1) is 12.8 Å². The highest BCUT2D eigenvalue weighted by Crippen LogP contribution is 2.29. The Balaban J connectivity index is 1.41. The summed E-state index contributed by atoms with van der Waals surface area (Å²) in [5, 5.41) is 0. The van der Waals surface area contributed by atoms with E-state index in [1.807, 2.05) is 0 Å². The van der Waals surface area contributed by atoms with Crippen LogP contribution in [0.2, 0.25) is 0 Å². The lowest BCUT2D eigenvalue weighted by atomic mass is 9.95. The van der Waals surface area contributed by atoms with Crippen molar-refractivity contribution in [2.45, 2.75) is 58.5 Å². The Hall–Kier alpha value is -1.85. The number of imidazole rings is 1. The molecule has 0 radical (unpaired) electrons. The van der Waals surface area contributed by atoms with Gasteiger partial charge in [-0.2, -0.15) is 0 Å². The molecule has 2 saturated heterocycles. The van der Waals surface area contributed by atoms with E-state index in [1.165, 1.54) is 36.5 Å². The highest BCUT2D eigenvalue weighted by Gasteiger charge is 2.26. The van der Waals surface area contributed by atoms with Gasteiger partial charge in [-0.05, 0) is 58.1 Å². The number of hydrogen-bond donors (Lipinski definition) is 0. The monoisotopic (exact) mass is 397 g/mol. The maximum absolute atomic E-state index is 5.84. The molecule has 2 aliphatic heterocycles. The fourth-order valence-corrected chi connectivity index (χ4v) is 4.87. The predicted molar refractivity (Wildman–Crippen MR) is 115 cm³/mol. The molecule has 2 aromatic rings. The Morgan fingerprint density at radius 3 is 2.83 bits per heavy atom. The lowest BCUT2D eigenvalue weighted by Gasteiger charge is -2.34. The van der Waals surface area contributed by atoms with E-state index < -0.39 is 0 Å². The minimum absolute atomic E-state index is 0.551. The summed E-state index contributed by atoms with van der Waals surface area (Å²) in [7, 11) is 0. The third kappa shape index (κ3) is 5.01. The molecule has 158 valence electrons. The van der Waals surface area contributed by atoms with Crippen molar-refractivity contribution in [1.29, 1.82) is 0 Å². The Kier molecular flexibility index (Phi) is 6.88. The first-order chi connectivity index (χ1) is 14.2. The quantitative estimate of drug-likeness (QED) is 0.694. The van der Waals surface area contributed by atoms with Gasteiger partial charge < -0.3 is 14.0 Å². The molecule has 5 heteroatoms. The zero-order valence-corrected chi connectivity index (χ0v) is 18.0. The summed E-state index contributed by atoms with van der Waals surface area (Å²) in [6.45, 7) is 11.1. The third-order valence-electron chi connectivity index (χ3n) is 6.38. The molecule has 1 aromatic heterocycles. The molecule has 0 bridgehead atoms. The molecule has 2 fully saturated rings. The highest BCUT2D eigenvalue weighted by molar-refractivity contribution is 5.33. The van der Waals surface area contributed by atoms with E-state index in [2.05, 4.69) is 53.8 Å². The van der Waals surface area contributed by atoms with Gasteiger partial charge in [0.1, 0.15) is 11.6 Å². The molecule has 0 saturated carbocycles. The van der Waals surface area contributed by atoms with Crippen LogP contribution >= 0.6 is 0 Å². The Morgan fingerprint density at radius 1 is 1.17 bits per heavy atom. The van der Waals surface area contributed by atoms with Gasteiger partial charge in [0, 0.05) is 56.2 Å². The maximum Gasteiger partial charge on any atom is 0.123 e. The average molecular weight is 398 g/mol. The fraction of sp³-hybridized carbons (Fsp3) is 0.625. The van der Waals surface area contributed by atoms with E-state index in [-0.39, 0.29) is 0 Å². The number of ether oxygens (including phenoxy) is 2. The van der Waals surface area contributed by atoms with Crippen LogP contribution in [0.4, 0.5) is 0 Å². The third-order valence-corrected chi connectivity index (χ3v) is 6.38. The fourth-order valence-electron chi connectivity index (χ4n) is 4.87. The predicted octanol–water partition coefficient (Wildman–Crippen LogP) is 4.40. The van der Waals surface area contributed by atoms with Gasteiger partial charge in [0.15, 0.2) is 0 Å². The number of piperidine rings is 1. The molecule has 0 aliphatic carbocycles. The summed E-state index contributed by atoms with van der Waals surface area (Å²) in [5.74, 6) is 3.54. The van der Waals surface area contributed by atoms with E-state index in [4.69, 9.17) is 14.5 Å². The number of para-hydroxylation sites is 1. The molecular weight excluding hydrogens is 362 g/mol. The molecule has 3 heterocycles. The molecule has 4 rings (SSSR count). The van der Waals surface area contributed by atoms with Crippen molar-refractivity contribution in [1.82, 2.24) is 14.5 Å². The summed E-state index contributed by atoms with van der Waals surface area (Å²) in [6.07, 6.45) is 6.82.